The van der Waals surface area contributed by atoms with Crippen LogP contribution in [0.4, 0.5) is 4.79 Å². The van der Waals surface area contributed by atoms with E-state index in [-0.39, 0.29) is 37.8 Å². The Kier molecular flexibility index (Phi) is 20.6. The van der Waals surface area contributed by atoms with Gasteiger partial charge in [0.1, 0.15) is 42.9 Å². The minimum absolute atomic E-state index is 0.00752. The molecule has 0 fully saturated rings. The predicted octanol–water partition coefficient (Wildman–Crippen LogP) is 3.52. The van der Waals surface area contributed by atoms with E-state index in [1.807, 2.05) is 34.6 Å². The smallest absolute Gasteiger partial charge is 0.410 e. The molecular formula is C36H65N5O9. The topological polar surface area (TPSA) is 164 Å². The fraction of sp³-hybridized carbons (Fsp3) is 0.778. The number of hydrogen-bond donors (Lipinski definition) is 2. The molecule has 0 radical (unpaired) electrons. The summed E-state index contributed by atoms with van der Waals surface area (Å²) >= 11 is 0. The summed E-state index contributed by atoms with van der Waals surface area (Å²) in [5, 5.41) is 5.59. The van der Waals surface area contributed by atoms with E-state index in [0.29, 0.717) is 6.61 Å². The first-order chi connectivity index (χ1) is 23.1. The minimum Gasteiger partial charge on any atom is -0.460 e. The maximum absolute atomic E-state index is 14.1. The molecule has 0 rings (SSSR count). The van der Waals surface area contributed by atoms with E-state index in [0.717, 1.165) is 22.6 Å². The second-order valence-corrected chi connectivity index (χ2v) is 14.6. The Morgan fingerprint density at radius 2 is 1.40 bits per heavy atom. The van der Waals surface area contributed by atoms with Crippen molar-refractivity contribution in [1.29, 1.82) is 0 Å². The molecular weight excluding hydrogens is 646 g/mol. The fourth-order valence-corrected chi connectivity index (χ4v) is 4.79. The van der Waals surface area contributed by atoms with Gasteiger partial charge in [0.15, 0.2) is 0 Å². The highest BCUT2D eigenvalue weighted by Crippen LogP contribution is 2.17. The molecule has 0 aromatic heterocycles. The lowest BCUT2D eigenvalue weighted by Crippen LogP contribution is -2.60. The average Bonchev–Trinajstić information content (AvgIpc) is 3.01. The Morgan fingerprint density at radius 3 is 1.90 bits per heavy atom. The van der Waals surface area contributed by atoms with Gasteiger partial charge in [0.05, 0.1) is 6.10 Å². The molecule has 5 amide bonds. The van der Waals surface area contributed by atoms with E-state index in [2.05, 4.69) is 17.2 Å². The molecule has 5 atom stereocenters. The van der Waals surface area contributed by atoms with E-state index >= 15 is 0 Å². The van der Waals surface area contributed by atoms with E-state index in [1.165, 1.54) is 39.0 Å². The van der Waals surface area contributed by atoms with Gasteiger partial charge in [0, 0.05) is 27.7 Å². The van der Waals surface area contributed by atoms with Gasteiger partial charge < -0.3 is 34.6 Å². The van der Waals surface area contributed by atoms with Crippen molar-refractivity contribution < 1.29 is 43.0 Å². The molecule has 0 saturated heterocycles. The van der Waals surface area contributed by atoms with Gasteiger partial charge in [-0.05, 0) is 65.7 Å². The molecule has 0 bridgehead atoms. The standard InChI is InChI=1S/C36H65N5O9/c1-15-17-19-48-26(8)30(34(46)39(12)22-29(42)49-18-16-2)38-32(44)28(21-24(5)6)41(14)33(45)27(20-23(3)4)37-31(43)25(7)40(13)35(47)50-36(9,10)11/h16,23-28,30H,2,15,17-22H2,1,3-14H3,(H,37,43)(H,38,44)/t25-,26+,27-,28-,30-/m0/s1. The average molecular weight is 712 g/mol. The van der Waals surface area contributed by atoms with Crippen molar-refractivity contribution in [3.05, 3.63) is 12.7 Å². The van der Waals surface area contributed by atoms with Crippen LogP contribution in [0.5, 0.6) is 0 Å². The number of nitrogens with one attached hydrogen (secondary N) is 2. The lowest BCUT2D eigenvalue weighted by Gasteiger charge is -2.35. The Balaban J connectivity index is 6.31. The molecule has 0 unspecified atom stereocenters. The second kappa shape index (κ2) is 22.2. The molecule has 14 nitrogen and oxygen atoms in total. The predicted molar refractivity (Wildman–Crippen MR) is 192 cm³/mol. The van der Waals surface area contributed by atoms with E-state index in [4.69, 9.17) is 14.2 Å². The lowest BCUT2D eigenvalue weighted by molar-refractivity contribution is -0.150. The first kappa shape index (κ1) is 46.3. The van der Waals surface area contributed by atoms with Crippen LogP contribution in [0, 0.1) is 11.8 Å². The summed E-state index contributed by atoms with van der Waals surface area (Å²) in [5.74, 6) is -2.90. The van der Waals surface area contributed by atoms with Gasteiger partial charge in [-0.2, -0.15) is 0 Å². The van der Waals surface area contributed by atoms with E-state index in [9.17, 15) is 28.8 Å². The van der Waals surface area contributed by atoms with Crippen LogP contribution in [0.25, 0.3) is 0 Å². The summed E-state index contributed by atoms with van der Waals surface area (Å²) in [6.07, 6.45) is 2.09. The van der Waals surface area contributed by atoms with Gasteiger partial charge >= 0.3 is 12.1 Å². The number of esters is 1. The first-order valence-corrected chi connectivity index (χ1v) is 17.5. The van der Waals surface area contributed by atoms with Crippen LogP contribution in [-0.2, 0) is 38.2 Å². The van der Waals surface area contributed by atoms with Crippen LogP contribution >= 0.6 is 0 Å². The number of nitrogens with zero attached hydrogens (tertiary/aromatic N) is 3. The molecule has 0 aliphatic rings. The van der Waals surface area contributed by atoms with Crippen LogP contribution in [0.3, 0.4) is 0 Å². The summed E-state index contributed by atoms with van der Waals surface area (Å²) in [4.78, 5) is 83.6. The molecule has 0 aliphatic carbocycles. The molecule has 0 heterocycles. The van der Waals surface area contributed by atoms with Crippen molar-refractivity contribution in [3.8, 4) is 0 Å². The van der Waals surface area contributed by atoms with Crippen LogP contribution in [0.1, 0.15) is 94.9 Å². The van der Waals surface area contributed by atoms with E-state index in [1.54, 1.807) is 27.7 Å². The molecule has 0 aromatic rings. The normalized spacial score (nSPS) is 14.5. The molecule has 0 aliphatic heterocycles. The molecule has 50 heavy (non-hydrogen) atoms. The maximum Gasteiger partial charge on any atom is 0.410 e. The Morgan fingerprint density at radius 1 is 0.820 bits per heavy atom. The summed E-state index contributed by atoms with van der Waals surface area (Å²) in [5.41, 5.74) is -0.762. The zero-order chi connectivity index (χ0) is 38.9. The summed E-state index contributed by atoms with van der Waals surface area (Å²) in [6, 6.07) is -4.16. The number of carbonyl (C=O) groups excluding carboxylic acids is 6. The minimum atomic E-state index is -1.18. The van der Waals surface area contributed by atoms with Crippen LogP contribution < -0.4 is 10.6 Å². The van der Waals surface area contributed by atoms with Gasteiger partial charge in [0.25, 0.3) is 0 Å². The van der Waals surface area contributed by atoms with Gasteiger partial charge in [0.2, 0.25) is 23.6 Å². The second-order valence-electron chi connectivity index (χ2n) is 14.6. The maximum atomic E-state index is 14.1. The number of unbranched alkanes of at least 4 members (excludes halogenated alkanes) is 1. The largest absolute Gasteiger partial charge is 0.460 e. The SMILES string of the molecule is C=CCOC(=O)CN(C)C(=O)[C@@H](NC(=O)[C@H](CC(C)C)N(C)C(=O)[C@H](CC(C)C)NC(=O)[C@H](C)N(C)C(=O)OC(C)(C)C)[C@@H](C)OCCCC. The zero-order valence-corrected chi connectivity index (χ0v) is 32.8. The monoisotopic (exact) mass is 711 g/mol. The van der Waals surface area contributed by atoms with Gasteiger partial charge in [-0.3, -0.25) is 28.9 Å². The molecule has 2 N–H and O–H groups in total. The number of amides is 5. The fourth-order valence-electron chi connectivity index (χ4n) is 4.79. The van der Waals surface area contributed by atoms with Gasteiger partial charge in [-0.1, -0.05) is 53.7 Å². The first-order valence-electron chi connectivity index (χ1n) is 17.5. The molecule has 0 aromatic carbocycles. The molecule has 0 spiro atoms. The van der Waals surface area contributed by atoms with Crippen LogP contribution in [-0.4, -0.2) is 127 Å². The Bertz CT molecular complexity index is 1140. The van der Waals surface area contributed by atoms with Crippen LogP contribution in [0.15, 0.2) is 12.7 Å². The highest BCUT2D eigenvalue weighted by molar-refractivity contribution is 5.95. The quantitative estimate of drug-likeness (QED) is 0.103. The molecule has 0 saturated carbocycles. The third-order valence-electron chi connectivity index (χ3n) is 7.79. The third-order valence-corrected chi connectivity index (χ3v) is 7.79. The number of rotatable bonds is 21. The Hall–Kier alpha value is -3.68. The Labute approximate surface area is 300 Å². The van der Waals surface area contributed by atoms with E-state index < -0.39 is 71.6 Å². The zero-order valence-electron chi connectivity index (χ0n) is 32.8. The summed E-state index contributed by atoms with van der Waals surface area (Å²) < 4.78 is 16.3. The van der Waals surface area contributed by atoms with Crippen molar-refractivity contribution in [2.24, 2.45) is 11.8 Å². The van der Waals surface area contributed by atoms with Crippen molar-refractivity contribution >= 4 is 35.7 Å². The van der Waals surface area contributed by atoms with Gasteiger partial charge in [-0.15, -0.1) is 0 Å². The summed E-state index contributed by atoms with van der Waals surface area (Å²) in [7, 11) is 4.36. The van der Waals surface area contributed by atoms with Crippen molar-refractivity contribution in [2.75, 3.05) is 40.9 Å². The van der Waals surface area contributed by atoms with Crippen LogP contribution in [0.2, 0.25) is 0 Å². The van der Waals surface area contributed by atoms with Crippen molar-refractivity contribution in [3.63, 3.8) is 0 Å². The highest BCUT2D eigenvalue weighted by atomic mass is 16.6. The highest BCUT2D eigenvalue weighted by Gasteiger charge is 2.38. The number of carbonyl (C=O) groups is 6. The van der Waals surface area contributed by atoms with Gasteiger partial charge in [-0.25, -0.2) is 4.79 Å². The molecule has 14 heteroatoms. The lowest BCUT2D eigenvalue weighted by atomic mass is 9.98. The third kappa shape index (κ3) is 16.8. The van der Waals surface area contributed by atoms with Crippen molar-refractivity contribution in [2.45, 2.75) is 131 Å². The number of hydrogen-bond acceptors (Lipinski definition) is 9. The number of likely N-dealkylation sites (N-methyl/N-ethyl adjacent to an activating group) is 3. The molecule has 288 valence electrons. The summed E-state index contributed by atoms with van der Waals surface area (Å²) in [6.45, 7) is 21.5. The van der Waals surface area contributed by atoms with Crippen molar-refractivity contribution in [1.82, 2.24) is 25.3 Å². The number of ether oxygens (including phenoxy) is 3.